The van der Waals surface area contributed by atoms with Gasteiger partial charge in [0, 0.05) is 24.6 Å². The van der Waals surface area contributed by atoms with Gasteiger partial charge in [-0.2, -0.15) is 0 Å². The molecule has 0 amide bonds. The van der Waals surface area contributed by atoms with Crippen LogP contribution >= 0.6 is 0 Å². The van der Waals surface area contributed by atoms with Crippen molar-refractivity contribution < 1.29 is 9.90 Å². The van der Waals surface area contributed by atoms with Crippen LogP contribution in [0.4, 0.5) is 5.69 Å². The lowest BCUT2D eigenvalue weighted by Crippen LogP contribution is -2.07. The van der Waals surface area contributed by atoms with E-state index in [1.54, 1.807) is 30.6 Å². The minimum atomic E-state index is -0.926. The quantitative estimate of drug-likeness (QED) is 0.865. The van der Waals surface area contributed by atoms with Crippen molar-refractivity contribution >= 4 is 11.7 Å². The number of benzene rings is 1. The molecule has 2 rings (SSSR count). The molecule has 0 aliphatic carbocycles. The summed E-state index contributed by atoms with van der Waals surface area (Å²) in [7, 11) is 0. The number of aromatic nitrogens is 1. The van der Waals surface area contributed by atoms with Gasteiger partial charge in [0.2, 0.25) is 0 Å². The molecule has 2 aromatic rings. The zero-order valence-electron chi connectivity index (χ0n) is 10.1. The lowest BCUT2D eigenvalue weighted by Gasteiger charge is -2.10. The van der Waals surface area contributed by atoms with E-state index in [1.807, 2.05) is 19.1 Å². The fourth-order valence-electron chi connectivity index (χ4n) is 1.71. The lowest BCUT2D eigenvalue weighted by atomic mass is 10.1. The summed E-state index contributed by atoms with van der Waals surface area (Å²) in [5.41, 5.74) is 3.09. The molecular formula is C14H14N2O2. The molecule has 0 unspecified atom stereocenters. The van der Waals surface area contributed by atoms with Crippen LogP contribution in [0.2, 0.25) is 0 Å². The Balaban J connectivity index is 2.16. The number of carbonyl (C=O) groups is 1. The molecule has 0 spiro atoms. The maximum absolute atomic E-state index is 11.1. The summed E-state index contributed by atoms with van der Waals surface area (Å²) in [6.45, 7) is 2.56. The first-order chi connectivity index (χ1) is 8.68. The third-order valence-electron chi connectivity index (χ3n) is 2.76. The van der Waals surface area contributed by atoms with Crippen LogP contribution in [0.15, 0.2) is 42.7 Å². The Hall–Kier alpha value is -2.36. The average Bonchev–Trinajstić information content (AvgIpc) is 2.38. The smallest absolute Gasteiger partial charge is 0.337 e. The van der Waals surface area contributed by atoms with E-state index in [0.29, 0.717) is 12.2 Å². The van der Waals surface area contributed by atoms with E-state index in [-0.39, 0.29) is 5.56 Å². The topological polar surface area (TPSA) is 62.2 Å². The number of nitrogens with one attached hydrogen (secondary N) is 1. The van der Waals surface area contributed by atoms with Gasteiger partial charge >= 0.3 is 5.97 Å². The minimum Gasteiger partial charge on any atom is -0.478 e. The fraction of sp³-hybridized carbons (Fsp3) is 0.143. The van der Waals surface area contributed by atoms with Gasteiger partial charge < -0.3 is 10.4 Å². The fourth-order valence-corrected chi connectivity index (χ4v) is 1.71. The van der Waals surface area contributed by atoms with E-state index < -0.39 is 5.97 Å². The van der Waals surface area contributed by atoms with Gasteiger partial charge in [0.25, 0.3) is 0 Å². The first-order valence-corrected chi connectivity index (χ1v) is 5.64. The summed E-state index contributed by atoms with van der Waals surface area (Å²) in [4.78, 5) is 15.1. The Morgan fingerprint density at radius 2 is 2.11 bits per heavy atom. The molecule has 0 saturated carbocycles. The summed E-state index contributed by atoms with van der Waals surface area (Å²) < 4.78 is 0. The van der Waals surface area contributed by atoms with E-state index in [9.17, 15) is 4.79 Å². The van der Waals surface area contributed by atoms with Gasteiger partial charge in [0.15, 0.2) is 0 Å². The Bertz CT molecular complexity index is 567. The molecule has 4 heteroatoms. The lowest BCUT2D eigenvalue weighted by molar-refractivity contribution is 0.0698. The highest BCUT2D eigenvalue weighted by Crippen LogP contribution is 2.16. The number of carboxylic acids is 1. The van der Waals surface area contributed by atoms with Crippen LogP contribution in [0.25, 0.3) is 0 Å². The minimum absolute atomic E-state index is 0.282. The highest BCUT2D eigenvalue weighted by Gasteiger charge is 2.08. The highest BCUT2D eigenvalue weighted by molar-refractivity contribution is 5.94. The summed E-state index contributed by atoms with van der Waals surface area (Å²) in [6, 6.07) is 8.80. The monoisotopic (exact) mass is 242 g/mol. The second-order valence-electron chi connectivity index (χ2n) is 4.01. The average molecular weight is 242 g/mol. The van der Waals surface area contributed by atoms with Gasteiger partial charge in [0.05, 0.1) is 5.56 Å². The Morgan fingerprint density at radius 3 is 2.83 bits per heavy atom. The Kier molecular flexibility index (Phi) is 3.57. The van der Waals surface area contributed by atoms with Crippen LogP contribution in [0.1, 0.15) is 21.5 Å². The van der Waals surface area contributed by atoms with E-state index in [1.165, 1.54) is 0 Å². The third-order valence-corrected chi connectivity index (χ3v) is 2.76. The second-order valence-corrected chi connectivity index (χ2v) is 4.01. The summed E-state index contributed by atoms with van der Waals surface area (Å²) >= 11 is 0. The molecule has 4 nitrogen and oxygen atoms in total. The Labute approximate surface area is 105 Å². The van der Waals surface area contributed by atoms with Crippen molar-refractivity contribution in [2.75, 3.05) is 5.32 Å². The molecule has 2 N–H and O–H groups in total. The standard InChI is InChI=1S/C14H14N2O2/c1-10-8-15-7-6-11(10)9-16-13-5-3-2-4-12(13)14(17)18/h2-8,16H,9H2,1H3,(H,17,18). The molecule has 0 fully saturated rings. The molecule has 0 aliphatic rings. The van der Waals surface area contributed by atoms with Gasteiger partial charge in [-0.3, -0.25) is 4.98 Å². The zero-order valence-corrected chi connectivity index (χ0v) is 10.1. The predicted octanol–water partition coefficient (Wildman–Crippen LogP) is 2.70. The molecule has 0 atom stereocenters. The molecule has 0 radical (unpaired) electrons. The van der Waals surface area contributed by atoms with Crippen LogP contribution in [0.3, 0.4) is 0 Å². The molecule has 0 aliphatic heterocycles. The van der Waals surface area contributed by atoms with Crippen molar-refractivity contribution in [2.24, 2.45) is 0 Å². The van der Waals surface area contributed by atoms with Crippen molar-refractivity contribution in [3.05, 3.63) is 59.4 Å². The maximum atomic E-state index is 11.1. The first-order valence-electron chi connectivity index (χ1n) is 5.64. The molecule has 92 valence electrons. The number of para-hydroxylation sites is 1. The molecule has 0 saturated heterocycles. The van der Waals surface area contributed by atoms with Crippen molar-refractivity contribution in [1.29, 1.82) is 0 Å². The Morgan fingerprint density at radius 1 is 1.33 bits per heavy atom. The molecule has 0 bridgehead atoms. The van der Waals surface area contributed by atoms with Gasteiger partial charge in [-0.1, -0.05) is 12.1 Å². The van der Waals surface area contributed by atoms with Gasteiger partial charge in [-0.25, -0.2) is 4.79 Å². The number of anilines is 1. The molecule has 18 heavy (non-hydrogen) atoms. The van der Waals surface area contributed by atoms with E-state index >= 15 is 0 Å². The molecule has 1 aromatic heterocycles. The van der Waals surface area contributed by atoms with Gasteiger partial charge in [-0.15, -0.1) is 0 Å². The highest BCUT2D eigenvalue weighted by atomic mass is 16.4. The second kappa shape index (κ2) is 5.31. The summed E-state index contributed by atoms with van der Waals surface area (Å²) in [5, 5.41) is 12.2. The normalized spacial score (nSPS) is 10.1. The van der Waals surface area contributed by atoms with Crippen molar-refractivity contribution in [1.82, 2.24) is 4.98 Å². The van der Waals surface area contributed by atoms with E-state index in [2.05, 4.69) is 10.3 Å². The van der Waals surface area contributed by atoms with Crippen molar-refractivity contribution in [3.63, 3.8) is 0 Å². The number of hydrogen-bond donors (Lipinski definition) is 2. The van der Waals surface area contributed by atoms with Crippen molar-refractivity contribution in [3.8, 4) is 0 Å². The van der Waals surface area contributed by atoms with E-state index in [0.717, 1.165) is 11.1 Å². The number of hydrogen-bond acceptors (Lipinski definition) is 3. The summed E-state index contributed by atoms with van der Waals surface area (Å²) in [5.74, 6) is -0.926. The number of aromatic carboxylic acids is 1. The van der Waals surface area contributed by atoms with Crippen LogP contribution < -0.4 is 5.32 Å². The molecule has 1 aromatic carbocycles. The number of rotatable bonds is 4. The van der Waals surface area contributed by atoms with E-state index in [4.69, 9.17) is 5.11 Å². The maximum Gasteiger partial charge on any atom is 0.337 e. The number of nitrogens with zero attached hydrogens (tertiary/aromatic N) is 1. The van der Waals surface area contributed by atoms with Crippen LogP contribution in [-0.2, 0) is 6.54 Å². The predicted molar refractivity (Wildman–Crippen MR) is 69.7 cm³/mol. The summed E-state index contributed by atoms with van der Waals surface area (Å²) in [6.07, 6.45) is 3.52. The SMILES string of the molecule is Cc1cnccc1CNc1ccccc1C(=O)O. The van der Waals surface area contributed by atoms with Crippen LogP contribution in [0.5, 0.6) is 0 Å². The zero-order chi connectivity index (χ0) is 13.0. The largest absolute Gasteiger partial charge is 0.478 e. The van der Waals surface area contributed by atoms with Crippen LogP contribution in [0, 0.1) is 6.92 Å². The van der Waals surface area contributed by atoms with Crippen molar-refractivity contribution in [2.45, 2.75) is 13.5 Å². The molecule has 1 heterocycles. The number of carboxylic acid groups (broad SMARTS) is 1. The first kappa shape index (κ1) is 12.1. The number of aryl methyl sites for hydroxylation is 1. The van der Waals surface area contributed by atoms with Gasteiger partial charge in [0.1, 0.15) is 0 Å². The third kappa shape index (κ3) is 2.66. The molecular weight excluding hydrogens is 228 g/mol. The van der Waals surface area contributed by atoms with Gasteiger partial charge in [-0.05, 0) is 36.2 Å². The van der Waals surface area contributed by atoms with Crippen LogP contribution in [-0.4, -0.2) is 16.1 Å². The number of pyridine rings is 1.